The van der Waals surface area contributed by atoms with Crippen molar-refractivity contribution in [3.05, 3.63) is 92.7 Å². The van der Waals surface area contributed by atoms with Crippen LogP contribution in [0, 0.1) is 6.92 Å². The Balaban J connectivity index is 1.62. The zero-order valence-corrected chi connectivity index (χ0v) is 17.9. The Bertz CT molecular complexity index is 1310. The molecule has 0 aliphatic rings. The van der Waals surface area contributed by atoms with Crippen molar-refractivity contribution in [2.45, 2.75) is 6.92 Å². The summed E-state index contributed by atoms with van der Waals surface area (Å²) in [6.07, 6.45) is 0. The van der Waals surface area contributed by atoms with E-state index in [2.05, 4.69) is 21.2 Å². The number of para-hydroxylation sites is 1. The molecule has 0 fully saturated rings. The highest BCUT2D eigenvalue weighted by Crippen LogP contribution is 2.29. The molecule has 0 aliphatic heterocycles. The Kier molecular flexibility index (Phi) is 5.42. The Morgan fingerprint density at radius 1 is 1.03 bits per heavy atom. The van der Waals surface area contributed by atoms with Crippen molar-refractivity contribution in [2.24, 2.45) is 0 Å². The molecule has 0 spiro atoms. The van der Waals surface area contributed by atoms with Crippen LogP contribution in [0.4, 0.5) is 5.69 Å². The molecular formula is C24H18BrNO4. The first-order chi connectivity index (χ1) is 14.5. The third kappa shape index (κ3) is 3.86. The monoisotopic (exact) mass is 463 g/mol. The molecule has 1 amide bonds. The number of anilines is 1. The molecule has 1 aromatic heterocycles. The van der Waals surface area contributed by atoms with Crippen molar-refractivity contribution < 1.29 is 13.9 Å². The largest absolute Gasteiger partial charge is 0.496 e. The average Bonchev–Trinajstić information content (AvgIpc) is 2.73. The maximum Gasteiger partial charge on any atom is 0.344 e. The Labute approximate surface area is 181 Å². The number of benzene rings is 3. The number of aryl methyl sites for hydroxylation is 1. The van der Waals surface area contributed by atoms with Gasteiger partial charge in [0, 0.05) is 15.5 Å². The Morgan fingerprint density at radius 3 is 2.50 bits per heavy atom. The molecule has 5 nitrogen and oxygen atoms in total. The normalized spacial score (nSPS) is 10.8. The minimum absolute atomic E-state index is 0.283. The van der Waals surface area contributed by atoms with Crippen molar-refractivity contribution in [3.63, 3.8) is 0 Å². The Hall–Kier alpha value is -3.38. The number of carbonyl (C=O) groups excluding carboxylic acids is 1. The summed E-state index contributed by atoms with van der Waals surface area (Å²) < 4.78 is 11.6. The van der Waals surface area contributed by atoms with Crippen LogP contribution in [0.5, 0.6) is 5.75 Å². The summed E-state index contributed by atoms with van der Waals surface area (Å²) >= 11 is 3.42. The molecule has 0 unspecified atom stereocenters. The van der Waals surface area contributed by atoms with E-state index in [0.717, 1.165) is 15.4 Å². The molecule has 0 radical (unpaired) electrons. The van der Waals surface area contributed by atoms with E-state index in [1.807, 2.05) is 37.3 Å². The predicted octanol–water partition coefficient (Wildman–Crippen LogP) is 5.79. The van der Waals surface area contributed by atoms with Crippen LogP contribution in [0.1, 0.15) is 15.9 Å². The van der Waals surface area contributed by atoms with E-state index < -0.39 is 5.63 Å². The maximum atomic E-state index is 12.8. The van der Waals surface area contributed by atoms with Crippen molar-refractivity contribution in [2.75, 3.05) is 12.4 Å². The number of hydrogen-bond acceptors (Lipinski definition) is 4. The molecule has 1 N–H and O–H groups in total. The van der Waals surface area contributed by atoms with E-state index in [1.54, 1.807) is 36.4 Å². The third-order valence-electron chi connectivity index (χ3n) is 4.78. The van der Waals surface area contributed by atoms with Gasteiger partial charge < -0.3 is 14.5 Å². The number of carbonyl (C=O) groups is 1. The maximum absolute atomic E-state index is 12.8. The zero-order chi connectivity index (χ0) is 21.3. The lowest BCUT2D eigenvalue weighted by Gasteiger charge is -2.13. The molecule has 0 bridgehead atoms. The first-order valence-corrected chi connectivity index (χ1v) is 10.0. The zero-order valence-electron chi connectivity index (χ0n) is 16.4. The van der Waals surface area contributed by atoms with Crippen LogP contribution in [0.25, 0.3) is 22.1 Å². The molecule has 0 atom stereocenters. The summed E-state index contributed by atoms with van der Waals surface area (Å²) in [6, 6.07) is 19.8. The first kappa shape index (κ1) is 19.9. The summed E-state index contributed by atoms with van der Waals surface area (Å²) in [4.78, 5) is 25.1. The van der Waals surface area contributed by atoms with Gasteiger partial charge in [-0.25, -0.2) is 4.79 Å². The minimum atomic E-state index is -0.403. The number of halogens is 1. The second-order valence-electron chi connectivity index (χ2n) is 6.82. The molecule has 1 heterocycles. The van der Waals surface area contributed by atoms with Gasteiger partial charge in [0.2, 0.25) is 0 Å². The summed E-state index contributed by atoms with van der Waals surface area (Å²) in [7, 11) is 1.54. The fraction of sp³-hybridized carbons (Fsp3) is 0.0833. The highest BCUT2D eigenvalue weighted by atomic mass is 79.9. The van der Waals surface area contributed by atoms with Gasteiger partial charge in [0.15, 0.2) is 0 Å². The standard InChI is InChI=1S/C24H18BrNO4/c1-14-11-17(25)13-20(22(14)29-2)23(27)26-18-9-7-15(8-10-18)19-12-16-5-3-4-6-21(16)30-24(19)28/h3-13H,1-2H3,(H,26,27). The summed E-state index contributed by atoms with van der Waals surface area (Å²) in [5.41, 5.74) is 3.22. The van der Waals surface area contributed by atoms with Crippen LogP contribution in [0.15, 0.2) is 80.4 Å². The van der Waals surface area contributed by atoms with Crippen LogP contribution >= 0.6 is 15.9 Å². The molecule has 4 aromatic rings. The Morgan fingerprint density at radius 2 is 1.77 bits per heavy atom. The van der Waals surface area contributed by atoms with Crippen molar-refractivity contribution in [3.8, 4) is 16.9 Å². The van der Waals surface area contributed by atoms with E-state index in [4.69, 9.17) is 9.15 Å². The molecule has 0 aliphatic carbocycles. The number of methoxy groups -OCH3 is 1. The van der Waals surface area contributed by atoms with E-state index in [0.29, 0.717) is 33.7 Å². The molecule has 4 rings (SSSR count). The number of hydrogen-bond donors (Lipinski definition) is 1. The van der Waals surface area contributed by atoms with Crippen molar-refractivity contribution >= 4 is 38.5 Å². The fourth-order valence-electron chi connectivity index (χ4n) is 3.36. The van der Waals surface area contributed by atoms with Crippen molar-refractivity contribution in [1.29, 1.82) is 0 Å². The van der Waals surface area contributed by atoms with Crippen LogP contribution < -0.4 is 15.7 Å². The van der Waals surface area contributed by atoms with Gasteiger partial charge in [-0.05, 0) is 54.4 Å². The van der Waals surface area contributed by atoms with Crippen molar-refractivity contribution in [1.82, 2.24) is 0 Å². The van der Waals surface area contributed by atoms with Gasteiger partial charge in [0.1, 0.15) is 11.3 Å². The van der Waals surface area contributed by atoms with Gasteiger partial charge in [0.25, 0.3) is 5.91 Å². The summed E-state index contributed by atoms with van der Waals surface area (Å²) in [5, 5.41) is 3.72. The number of amides is 1. The lowest BCUT2D eigenvalue weighted by molar-refractivity contribution is 0.102. The fourth-order valence-corrected chi connectivity index (χ4v) is 3.94. The second kappa shape index (κ2) is 8.16. The smallest absolute Gasteiger partial charge is 0.344 e. The lowest BCUT2D eigenvalue weighted by atomic mass is 10.1. The quantitative estimate of drug-likeness (QED) is 0.388. The second-order valence-corrected chi connectivity index (χ2v) is 7.74. The van der Waals surface area contributed by atoms with Gasteiger partial charge in [-0.1, -0.05) is 46.3 Å². The minimum Gasteiger partial charge on any atom is -0.496 e. The molecule has 150 valence electrons. The van der Waals surface area contributed by atoms with Crippen LogP contribution in [-0.4, -0.2) is 13.0 Å². The van der Waals surface area contributed by atoms with Gasteiger partial charge in [-0.2, -0.15) is 0 Å². The first-order valence-electron chi connectivity index (χ1n) is 9.25. The number of rotatable bonds is 4. The highest BCUT2D eigenvalue weighted by Gasteiger charge is 2.16. The lowest BCUT2D eigenvalue weighted by Crippen LogP contribution is -2.14. The topological polar surface area (TPSA) is 68.5 Å². The molecule has 0 saturated heterocycles. The van der Waals surface area contributed by atoms with E-state index in [1.165, 1.54) is 7.11 Å². The van der Waals surface area contributed by atoms with Gasteiger partial charge >= 0.3 is 5.63 Å². The molecule has 6 heteroatoms. The molecule has 30 heavy (non-hydrogen) atoms. The van der Waals surface area contributed by atoms with Crippen LogP contribution in [-0.2, 0) is 0 Å². The molecular weight excluding hydrogens is 446 g/mol. The predicted molar refractivity (Wildman–Crippen MR) is 121 cm³/mol. The van der Waals surface area contributed by atoms with Gasteiger partial charge in [0.05, 0.1) is 18.2 Å². The van der Waals surface area contributed by atoms with E-state index >= 15 is 0 Å². The summed E-state index contributed by atoms with van der Waals surface area (Å²) in [6.45, 7) is 1.88. The number of fused-ring (bicyclic) bond motifs is 1. The van der Waals surface area contributed by atoms with E-state index in [-0.39, 0.29) is 5.91 Å². The van der Waals surface area contributed by atoms with E-state index in [9.17, 15) is 9.59 Å². The number of ether oxygens (including phenoxy) is 1. The van der Waals surface area contributed by atoms with Gasteiger partial charge in [-0.15, -0.1) is 0 Å². The van der Waals surface area contributed by atoms with Crippen LogP contribution in [0.3, 0.4) is 0 Å². The number of nitrogens with one attached hydrogen (secondary N) is 1. The van der Waals surface area contributed by atoms with Gasteiger partial charge in [-0.3, -0.25) is 4.79 Å². The highest BCUT2D eigenvalue weighted by molar-refractivity contribution is 9.10. The molecule has 3 aromatic carbocycles. The summed E-state index contributed by atoms with van der Waals surface area (Å²) in [5.74, 6) is 0.246. The third-order valence-corrected chi connectivity index (χ3v) is 5.24. The SMILES string of the molecule is COc1c(C)cc(Br)cc1C(=O)Nc1ccc(-c2cc3ccccc3oc2=O)cc1. The molecule has 0 saturated carbocycles. The van der Waals surface area contributed by atoms with Crippen LogP contribution in [0.2, 0.25) is 0 Å². The average molecular weight is 464 g/mol.